The van der Waals surface area contributed by atoms with Gasteiger partial charge in [0.2, 0.25) is 0 Å². The first-order valence-electron chi connectivity index (χ1n) is 10.7. The van der Waals surface area contributed by atoms with Gasteiger partial charge in [0.1, 0.15) is 11.3 Å². The fourth-order valence-corrected chi connectivity index (χ4v) is 4.83. The number of benzene rings is 2. The number of phenolic OH excluding ortho intramolecular Hbond substituents is 1. The monoisotopic (exact) mass is 469 g/mol. The van der Waals surface area contributed by atoms with Crippen molar-refractivity contribution in [1.29, 1.82) is 0 Å². The van der Waals surface area contributed by atoms with Crippen molar-refractivity contribution in [3.05, 3.63) is 60.1 Å². The first kappa shape index (κ1) is 21.4. The summed E-state index contributed by atoms with van der Waals surface area (Å²) in [5, 5.41) is 18.7. The molecule has 2 heterocycles. The standard InChI is InChI=1S/C23H21F2N5O2S/c24-18-7-16(8-19(25)21(18)31)22(32)26-10-13-1-5-17(6-2-13)30-11-15-4-3-14(9-20(15)29-30)23-27-12-28-33-23/h3-4,7-9,11-13,17,31H,1-2,5-6,10H2,(H,26,32). The van der Waals surface area contributed by atoms with Crippen LogP contribution in [0.2, 0.25) is 0 Å². The second-order valence-electron chi connectivity index (χ2n) is 8.30. The molecule has 2 N–H and O–H groups in total. The molecule has 33 heavy (non-hydrogen) atoms. The summed E-state index contributed by atoms with van der Waals surface area (Å²) in [6.45, 7) is 0.432. The molecule has 170 valence electrons. The highest BCUT2D eigenvalue weighted by molar-refractivity contribution is 7.09. The van der Waals surface area contributed by atoms with Gasteiger partial charge in [-0.15, -0.1) is 0 Å². The van der Waals surface area contributed by atoms with Gasteiger partial charge in [-0.3, -0.25) is 9.48 Å². The van der Waals surface area contributed by atoms with Crippen molar-refractivity contribution < 1.29 is 18.7 Å². The van der Waals surface area contributed by atoms with E-state index < -0.39 is 23.3 Å². The van der Waals surface area contributed by atoms with Gasteiger partial charge in [0.05, 0.1) is 11.6 Å². The van der Waals surface area contributed by atoms with Gasteiger partial charge in [-0.05, 0) is 61.3 Å². The molecule has 10 heteroatoms. The van der Waals surface area contributed by atoms with E-state index in [1.165, 1.54) is 11.5 Å². The zero-order valence-corrected chi connectivity index (χ0v) is 18.4. The number of aromatic hydroxyl groups is 1. The molecule has 1 amide bonds. The Balaban J connectivity index is 1.18. The van der Waals surface area contributed by atoms with Crippen LogP contribution >= 0.6 is 11.5 Å². The molecule has 1 fully saturated rings. The molecule has 7 nitrogen and oxygen atoms in total. The van der Waals surface area contributed by atoms with Gasteiger partial charge in [0.15, 0.2) is 17.4 Å². The Bertz CT molecular complexity index is 1280. The second kappa shape index (κ2) is 8.86. The highest BCUT2D eigenvalue weighted by atomic mass is 32.1. The maximum Gasteiger partial charge on any atom is 0.251 e. The second-order valence-corrected chi connectivity index (χ2v) is 9.08. The van der Waals surface area contributed by atoms with Gasteiger partial charge in [0, 0.05) is 29.3 Å². The quantitative estimate of drug-likeness (QED) is 0.442. The molecule has 0 bridgehead atoms. The Hall–Kier alpha value is -3.40. The number of nitrogens with zero attached hydrogens (tertiary/aromatic N) is 4. The van der Waals surface area contributed by atoms with E-state index >= 15 is 0 Å². The summed E-state index contributed by atoms with van der Waals surface area (Å²) in [5.74, 6) is -3.65. The molecule has 0 aliphatic heterocycles. The molecular weight excluding hydrogens is 448 g/mol. The van der Waals surface area contributed by atoms with Crippen LogP contribution in [-0.2, 0) is 0 Å². The van der Waals surface area contributed by atoms with E-state index in [0.717, 1.165) is 59.3 Å². The Kier molecular flexibility index (Phi) is 5.76. The molecule has 1 aliphatic carbocycles. The van der Waals surface area contributed by atoms with Crippen molar-refractivity contribution in [3.8, 4) is 16.3 Å². The Labute approximate surface area is 192 Å². The van der Waals surface area contributed by atoms with E-state index in [1.807, 2.05) is 22.9 Å². The van der Waals surface area contributed by atoms with Gasteiger partial charge >= 0.3 is 0 Å². The number of nitrogens with one attached hydrogen (secondary N) is 1. The lowest BCUT2D eigenvalue weighted by Crippen LogP contribution is -2.31. The molecule has 0 unspecified atom stereocenters. The summed E-state index contributed by atoms with van der Waals surface area (Å²) >= 11 is 1.35. The highest BCUT2D eigenvalue weighted by Gasteiger charge is 2.24. The number of aromatic nitrogens is 4. The first-order valence-corrected chi connectivity index (χ1v) is 11.5. The molecule has 2 aromatic heterocycles. The van der Waals surface area contributed by atoms with Gasteiger partial charge in [-0.25, -0.2) is 13.8 Å². The van der Waals surface area contributed by atoms with E-state index in [4.69, 9.17) is 5.10 Å². The lowest BCUT2D eigenvalue weighted by molar-refractivity contribution is 0.0940. The third-order valence-corrected chi connectivity index (χ3v) is 6.87. The predicted octanol–water partition coefficient (Wildman–Crippen LogP) is 4.70. The summed E-state index contributed by atoms with van der Waals surface area (Å²) in [6.07, 6.45) is 7.30. The minimum Gasteiger partial charge on any atom is -0.503 e. The summed E-state index contributed by atoms with van der Waals surface area (Å²) in [4.78, 5) is 16.5. The van der Waals surface area contributed by atoms with Gasteiger partial charge in [-0.1, -0.05) is 12.1 Å². The molecule has 2 aromatic carbocycles. The van der Waals surface area contributed by atoms with E-state index in [2.05, 4.69) is 20.9 Å². The van der Waals surface area contributed by atoms with Crippen molar-refractivity contribution >= 4 is 28.3 Å². The molecule has 0 atom stereocenters. The fraction of sp³-hybridized carbons (Fsp3) is 0.304. The van der Waals surface area contributed by atoms with Crippen molar-refractivity contribution in [1.82, 2.24) is 24.5 Å². The zero-order valence-electron chi connectivity index (χ0n) is 17.5. The van der Waals surface area contributed by atoms with Crippen LogP contribution in [0.15, 0.2) is 42.9 Å². The lowest BCUT2D eigenvalue weighted by atomic mass is 9.86. The van der Waals surface area contributed by atoms with Gasteiger partial charge in [-0.2, -0.15) is 9.47 Å². The average molecular weight is 470 g/mol. The van der Waals surface area contributed by atoms with Crippen molar-refractivity contribution in [2.75, 3.05) is 6.54 Å². The lowest BCUT2D eigenvalue weighted by Gasteiger charge is -2.28. The molecule has 0 saturated heterocycles. The summed E-state index contributed by atoms with van der Waals surface area (Å²) < 4.78 is 33.1. The molecule has 0 spiro atoms. The molecular formula is C23H21F2N5O2S. The summed E-state index contributed by atoms with van der Waals surface area (Å²) in [7, 11) is 0. The predicted molar refractivity (Wildman–Crippen MR) is 120 cm³/mol. The van der Waals surface area contributed by atoms with E-state index in [-0.39, 0.29) is 17.5 Å². The smallest absolute Gasteiger partial charge is 0.251 e. The van der Waals surface area contributed by atoms with Crippen molar-refractivity contribution in [2.45, 2.75) is 31.7 Å². The van der Waals surface area contributed by atoms with E-state index in [9.17, 15) is 18.7 Å². The number of carbonyl (C=O) groups excluding carboxylic acids is 1. The number of phenols is 1. The first-order chi connectivity index (χ1) is 16.0. The minimum absolute atomic E-state index is 0.146. The van der Waals surface area contributed by atoms with Crippen molar-refractivity contribution in [2.24, 2.45) is 5.92 Å². The summed E-state index contributed by atoms with van der Waals surface area (Å²) in [6, 6.07) is 8.07. The number of carbonyl (C=O) groups is 1. The number of rotatable bonds is 5. The Morgan fingerprint density at radius 1 is 1.15 bits per heavy atom. The number of hydrogen-bond acceptors (Lipinski definition) is 6. The van der Waals surface area contributed by atoms with E-state index in [1.54, 1.807) is 6.33 Å². The number of halogens is 2. The van der Waals surface area contributed by atoms with Crippen LogP contribution in [-0.4, -0.2) is 36.7 Å². The molecule has 5 rings (SSSR count). The van der Waals surface area contributed by atoms with Gasteiger partial charge in [0.25, 0.3) is 5.91 Å². The third-order valence-electron chi connectivity index (χ3n) is 6.15. The maximum atomic E-state index is 13.5. The molecule has 0 radical (unpaired) electrons. The average Bonchev–Trinajstić information content (AvgIpc) is 3.50. The maximum absolute atomic E-state index is 13.5. The molecule has 4 aromatic rings. The van der Waals surface area contributed by atoms with Crippen LogP contribution in [0.1, 0.15) is 42.1 Å². The number of fused-ring (bicyclic) bond motifs is 1. The third kappa shape index (κ3) is 4.43. The zero-order chi connectivity index (χ0) is 22.9. The topological polar surface area (TPSA) is 92.9 Å². The van der Waals surface area contributed by atoms with Crippen LogP contribution in [0.5, 0.6) is 5.75 Å². The van der Waals surface area contributed by atoms with Crippen LogP contribution < -0.4 is 5.32 Å². The van der Waals surface area contributed by atoms with E-state index in [0.29, 0.717) is 6.54 Å². The molecule has 1 aliphatic rings. The minimum atomic E-state index is -1.15. The Morgan fingerprint density at radius 3 is 2.61 bits per heavy atom. The van der Waals surface area contributed by atoms with Crippen LogP contribution in [0.4, 0.5) is 8.78 Å². The Morgan fingerprint density at radius 2 is 1.91 bits per heavy atom. The summed E-state index contributed by atoms with van der Waals surface area (Å²) in [5.41, 5.74) is 1.78. The van der Waals surface area contributed by atoms with Gasteiger partial charge < -0.3 is 10.4 Å². The van der Waals surface area contributed by atoms with Crippen molar-refractivity contribution in [3.63, 3.8) is 0 Å². The van der Waals surface area contributed by atoms with Crippen LogP contribution in [0.3, 0.4) is 0 Å². The number of hydrogen-bond donors (Lipinski definition) is 2. The normalized spacial score (nSPS) is 18.5. The van der Waals surface area contributed by atoms with Crippen LogP contribution in [0, 0.1) is 17.6 Å². The fourth-order valence-electron chi connectivity index (χ4n) is 4.30. The SMILES string of the molecule is O=C(NCC1CCC(n2cc3ccc(-c4ncns4)cc3n2)CC1)c1cc(F)c(O)c(F)c1. The highest BCUT2D eigenvalue weighted by Crippen LogP contribution is 2.33. The largest absolute Gasteiger partial charge is 0.503 e. The van der Waals surface area contributed by atoms with Crippen LogP contribution in [0.25, 0.3) is 21.5 Å². The molecule has 1 saturated carbocycles. The number of amides is 1.